The number of rotatable bonds is 6. The van der Waals surface area contributed by atoms with Gasteiger partial charge in [-0.05, 0) is 44.0 Å². The van der Waals surface area contributed by atoms with Crippen molar-refractivity contribution in [2.24, 2.45) is 0 Å². The first-order chi connectivity index (χ1) is 10.2. The van der Waals surface area contributed by atoms with Crippen molar-refractivity contribution in [3.05, 3.63) is 40.1 Å². The summed E-state index contributed by atoms with van der Waals surface area (Å²) in [5.41, 5.74) is 2.10. The van der Waals surface area contributed by atoms with Crippen LogP contribution in [0.1, 0.15) is 31.4 Å². The lowest BCUT2D eigenvalue weighted by atomic mass is 10.1. The number of benzene rings is 1. The van der Waals surface area contributed by atoms with Gasteiger partial charge >= 0.3 is 0 Å². The number of hydrogen-bond acceptors (Lipinski definition) is 4. The zero-order valence-corrected chi connectivity index (χ0v) is 14.2. The Kier molecular flexibility index (Phi) is 5.56. The Labute approximate surface area is 134 Å². The molecule has 0 amide bonds. The highest BCUT2D eigenvalue weighted by molar-refractivity contribution is 9.10. The maximum Gasteiger partial charge on any atom is 0.227 e. The molecule has 0 saturated heterocycles. The summed E-state index contributed by atoms with van der Waals surface area (Å²) >= 11 is 3.46. The lowest BCUT2D eigenvalue weighted by molar-refractivity contribution is 0.451. The normalized spacial score (nSPS) is 10.5. The third-order valence-corrected chi connectivity index (χ3v) is 3.59. The second kappa shape index (κ2) is 7.41. The van der Waals surface area contributed by atoms with Crippen LogP contribution in [0.3, 0.4) is 0 Å². The second-order valence-corrected chi connectivity index (χ2v) is 5.71. The Morgan fingerprint density at radius 1 is 1.24 bits per heavy atom. The van der Waals surface area contributed by atoms with Gasteiger partial charge in [0, 0.05) is 11.0 Å². The van der Waals surface area contributed by atoms with E-state index in [1.165, 1.54) is 0 Å². The summed E-state index contributed by atoms with van der Waals surface area (Å²) in [6.45, 7) is 7.03. The van der Waals surface area contributed by atoms with E-state index in [-0.39, 0.29) is 0 Å². The van der Waals surface area contributed by atoms with Crippen LogP contribution in [0.4, 0.5) is 5.82 Å². The Morgan fingerprint density at radius 3 is 2.71 bits per heavy atom. The predicted molar refractivity (Wildman–Crippen MR) is 89.1 cm³/mol. The molecule has 0 unspecified atom stereocenters. The monoisotopic (exact) mass is 349 g/mol. The van der Waals surface area contributed by atoms with Crippen molar-refractivity contribution < 1.29 is 4.74 Å². The zero-order chi connectivity index (χ0) is 15.2. The summed E-state index contributed by atoms with van der Waals surface area (Å²) in [5.74, 6) is 2.31. The highest BCUT2D eigenvalue weighted by Crippen LogP contribution is 2.31. The van der Waals surface area contributed by atoms with Crippen molar-refractivity contribution in [1.29, 1.82) is 0 Å². The first-order valence-corrected chi connectivity index (χ1v) is 7.96. The van der Waals surface area contributed by atoms with Crippen molar-refractivity contribution >= 4 is 21.7 Å². The molecule has 0 radical (unpaired) electrons. The minimum absolute atomic E-state index is 0.633. The van der Waals surface area contributed by atoms with Gasteiger partial charge in [-0.25, -0.2) is 9.97 Å². The molecule has 1 heterocycles. The number of nitrogens with one attached hydrogen (secondary N) is 1. The van der Waals surface area contributed by atoms with Crippen LogP contribution in [-0.2, 0) is 6.42 Å². The highest BCUT2D eigenvalue weighted by atomic mass is 79.9. The highest BCUT2D eigenvalue weighted by Gasteiger charge is 2.13. The number of hydrogen-bond donors (Lipinski definition) is 1. The molecule has 0 saturated carbocycles. The molecule has 4 nitrogen and oxygen atoms in total. The molecule has 5 heteroatoms. The molecule has 0 atom stereocenters. The summed E-state index contributed by atoms with van der Waals surface area (Å²) in [5, 5.41) is 3.27. The third-order valence-electron chi connectivity index (χ3n) is 3.09. The predicted octanol–water partition coefficient (Wildman–Crippen LogP) is 4.72. The topological polar surface area (TPSA) is 47.0 Å². The molecule has 0 aliphatic rings. The fourth-order valence-corrected chi connectivity index (χ4v) is 2.59. The Balaban J connectivity index is 2.36. The fourth-order valence-electron chi connectivity index (χ4n) is 2.11. The molecule has 1 aromatic carbocycles. The molecule has 1 N–H and O–H groups in total. The van der Waals surface area contributed by atoms with E-state index in [0.29, 0.717) is 5.88 Å². The molecule has 2 rings (SSSR count). The molecular weight excluding hydrogens is 330 g/mol. The van der Waals surface area contributed by atoms with Gasteiger partial charge in [0.1, 0.15) is 17.9 Å². The zero-order valence-electron chi connectivity index (χ0n) is 12.6. The van der Waals surface area contributed by atoms with Gasteiger partial charge in [0.05, 0.1) is 5.56 Å². The number of halogens is 1. The van der Waals surface area contributed by atoms with E-state index in [4.69, 9.17) is 4.74 Å². The molecule has 2 aromatic rings. The minimum Gasteiger partial charge on any atom is -0.438 e. The van der Waals surface area contributed by atoms with E-state index in [1.54, 1.807) is 6.33 Å². The van der Waals surface area contributed by atoms with E-state index in [1.807, 2.05) is 25.1 Å². The van der Waals surface area contributed by atoms with Crippen molar-refractivity contribution in [2.45, 2.75) is 33.6 Å². The third kappa shape index (κ3) is 3.94. The average Bonchev–Trinajstić information content (AvgIpc) is 2.45. The Hall–Kier alpha value is -1.62. The second-order valence-electron chi connectivity index (χ2n) is 4.80. The quantitative estimate of drug-likeness (QED) is 0.819. The SMILES string of the molecule is CCCc1c(NCC)ncnc1Oc1ccc(Br)cc1C. The lowest BCUT2D eigenvalue weighted by Crippen LogP contribution is -2.06. The Morgan fingerprint density at radius 2 is 2.05 bits per heavy atom. The molecule has 0 spiro atoms. The fraction of sp³-hybridized carbons (Fsp3) is 0.375. The van der Waals surface area contributed by atoms with E-state index in [0.717, 1.165) is 46.6 Å². The van der Waals surface area contributed by atoms with Crippen molar-refractivity contribution in [3.63, 3.8) is 0 Å². The van der Waals surface area contributed by atoms with Crippen LogP contribution in [-0.4, -0.2) is 16.5 Å². The van der Waals surface area contributed by atoms with E-state index >= 15 is 0 Å². The van der Waals surface area contributed by atoms with Gasteiger partial charge in [0.15, 0.2) is 0 Å². The van der Waals surface area contributed by atoms with Gasteiger partial charge < -0.3 is 10.1 Å². The van der Waals surface area contributed by atoms with Gasteiger partial charge in [-0.3, -0.25) is 0 Å². The van der Waals surface area contributed by atoms with E-state index in [9.17, 15) is 0 Å². The summed E-state index contributed by atoms with van der Waals surface area (Å²) in [6.07, 6.45) is 3.44. The van der Waals surface area contributed by atoms with E-state index < -0.39 is 0 Å². The molecule has 1 aromatic heterocycles. The van der Waals surface area contributed by atoms with Crippen LogP contribution in [0.15, 0.2) is 29.0 Å². The summed E-state index contributed by atoms with van der Waals surface area (Å²) in [7, 11) is 0. The summed E-state index contributed by atoms with van der Waals surface area (Å²) < 4.78 is 7.06. The number of anilines is 1. The molecule has 0 aliphatic carbocycles. The van der Waals surface area contributed by atoms with Gasteiger partial charge in [0.2, 0.25) is 5.88 Å². The van der Waals surface area contributed by atoms with Gasteiger partial charge in [-0.15, -0.1) is 0 Å². The van der Waals surface area contributed by atoms with Crippen LogP contribution in [0, 0.1) is 6.92 Å². The molecule has 0 bridgehead atoms. The van der Waals surface area contributed by atoms with Crippen molar-refractivity contribution in [2.75, 3.05) is 11.9 Å². The summed E-state index contributed by atoms with van der Waals surface area (Å²) in [4.78, 5) is 8.63. The van der Waals surface area contributed by atoms with Gasteiger partial charge in [0.25, 0.3) is 0 Å². The number of ether oxygens (including phenoxy) is 1. The van der Waals surface area contributed by atoms with Crippen LogP contribution < -0.4 is 10.1 Å². The van der Waals surface area contributed by atoms with Crippen LogP contribution in [0.5, 0.6) is 11.6 Å². The van der Waals surface area contributed by atoms with Gasteiger partial charge in [-0.2, -0.15) is 0 Å². The maximum atomic E-state index is 6.02. The lowest BCUT2D eigenvalue weighted by Gasteiger charge is -2.14. The van der Waals surface area contributed by atoms with Gasteiger partial charge in [-0.1, -0.05) is 29.3 Å². The molecular formula is C16H20BrN3O. The largest absolute Gasteiger partial charge is 0.438 e. The van der Waals surface area contributed by atoms with E-state index in [2.05, 4.69) is 45.1 Å². The maximum absolute atomic E-state index is 6.02. The number of aryl methyl sites for hydroxylation is 1. The van der Waals surface area contributed by atoms with Crippen LogP contribution in [0.2, 0.25) is 0 Å². The molecule has 112 valence electrons. The van der Waals surface area contributed by atoms with Crippen molar-refractivity contribution in [1.82, 2.24) is 9.97 Å². The van der Waals surface area contributed by atoms with Crippen LogP contribution in [0.25, 0.3) is 0 Å². The summed E-state index contributed by atoms with van der Waals surface area (Å²) in [6, 6.07) is 5.94. The first-order valence-electron chi connectivity index (χ1n) is 7.17. The van der Waals surface area contributed by atoms with Crippen molar-refractivity contribution in [3.8, 4) is 11.6 Å². The number of nitrogens with zero attached hydrogens (tertiary/aromatic N) is 2. The molecule has 0 fully saturated rings. The average molecular weight is 350 g/mol. The first kappa shape index (κ1) is 15.8. The number of aromatic nitrogens is 2. The smallest absolute Gasteiger partial charge is 0.227 e. The minimum atomic E-state index is 0.633. The molecule has 0 aliphatic heterocycles. The van der Waals surface area contributed by atoms with Crippen LogP contribution >= 0.6 is 15.9 Å². The molecule has 21 heavy (non-hydrogen) atoms. The Bertz CT molecular complexity index is 616. The standard InChI is InChI=1S/C16H20BrN3O/c1-4-6-13-15(18-5-2)19-10-20-16(13)21-14-8-7-12(17)9-11(14)3/h7-10H,4-6H2,1-3H3,(H,18,19,20).